The Balaban J connectivity index is 0.000000261. The summed E-state index contributed by atoms with van der Waals surface area (Å²) < 4.78 is 21.9. The average Bonchev–Trinajstić information content (AvgIpc) is 2.87. The zero-order valence-electron chi connectivity index (χ0n) is 20.3. The van der Waals surface area contributed by atoms with E-state index in [2.05, 4.69) is 41.0 Å². The summed E-state index contributed by atoms with van der Waals surface area (Å²) in [6.07, 6.45) is 2.60. The highest BCUT2D eigenvalue weighted by Crippen LogP contribution is 2.33. The molecule has 2 N–H and O–H groups in total. The molecule has 1 aromatic heterocycles. The minimum atomic E-state index is -0.292. The van der Waals surface area contributed by atoms with Crippen LogP contribution in [0.3, 0.4) is 0 Å². The second kappa shape index (κ2) is 11.8. The smallest absolute Gasteiger partial charge is 0.293 e. The van der Waals surface area contributed by atoms with Crippen LogP contribution in [-0.2, 0) is 22.6 Å². The van der Waals surface area contributed by atoms with Crippen LogP contribution in [0.4, 0.5) is 10.1 Å². The van der Waals surface area contributed by atoms with Crippen molar-refractivity contribution in [3.05, 3.63) is 94.4 Å². The van der Waals surface area contributed by atoms with Gasteiger partial charge in [0, 0.05) is 30.4 Å². The third-order valence-electron chi connectivity index (χ3n) is 5.91. The van der Waals surface area contributed by atoms with Gasteiger partial charge in [-0.25, -0.2) is 4.39 Å². The molecule has 4 aromatic rings. The fourth-order valence-electron chi connectivity index (χ4n) is 3.79. The van der Waals surface area contributed by atoms with Crippen LogP contribution in [0.25, 0.3) is 10.9 Å². The topological polar surface area (TPSA) is 80.7 Å². The van der Waals surface area contributed by atoms with Crippen molar-refractivity contribution in [2.75, 3.05) is 19.5 Å². The molecular formula is C28H29FN2O4. The number of benzene rings is 3. The number of halogens is 1. The second-order valence-corrected chi connectivity index (χ2v) is 7.99. The van der Waals surface area contributed by atoms with E-state index in [4.69, 9.17) is 4.74 Å². The molecule has 7 heteroatoms. The highest BCUT2D eigenvalue weighted by Gasteiger charge is 2.11. The minimum absolute atomic E-state index is 0.137. The maximum absolute atomic E-state index is 12.3. The first-order valence-electron chi connectivity index (χ1n) is 11.1. The minimum Gasteiger partial charge on any atom is -0.504 e. The number of ether oxygens (including phenoxy) is 2. The first-order chi connectivity index (χ1) is 16.9. The molecule has 0 fully saturated rings. The molecule has 0 spiro atoms. The number of phenols is 1. The van der Waals surface area contributed by atoms with Gasteiger partial charge in [-0.2, -0.15) is 0 Å². The molecule has 6 nitrogen and oxygen atoms in total. The van der Waals surface area contributed by atoms with Crippen molar-refractivity contribution in [2.24, 2.45) is 0 Å². The molecule has 0 radical (unpaired) electrons. The quantitative estimate of drug-likeness (QED) is 0.333. The number of hydrogen-bond acceptors (Lipinski definition) is 6. The Labute approximate surface area is 204 Å². The number of carbonyl (C=O) groups is 1. The van der Waals surface area contributed by atoms with Gasteiger partial charge in [-0.05, 0) is 78.4 Å². The second-order valence-electron chi connectivity index (χ2n) is 7.99. The maximum atomic E-state index is 12.3. The van der Waals surface area contributed by atoms with Crippen LogP contribution in [-0.4, -0.2) is 30.7 Å². The molecule has 0 aliphatic carbocycles. The van der Waals surface area contributed by atoms with Crippen molar-refractivity contribution in [3.8, 4) is 11.5 Å². The van der Waals surface area contributed by atoms with E-state index in [1.54, 1.807) is 37.6 Å². The lowest BCUT2D eigenvalue weighted by atomic mass is 9.94. The molecule has 0 atom stereocenters. The molecular weight excluding hydrogens is 447 g/mol. The predicted octanol–water partition coefficient (Wildman–Crippen LogP) is 5.70. The van der Waals surface area contributed by atoms with Crippen molar-refractivity contribution < 1.29 is 23.8 Å². The van der Waals surface area contributed by atoms with Gasteiger partial charge in [0.1, 0.15) is 12.4 Å². The lowest BCUT2D eigenvalue weighted by Crippen LogP contribution is -2.00. The van der Waals surface area contributed by atoms with Crippen molar-refractivity contribution in [1.82, 2.24) is 4.98 Å². The van der Waals surface area contributed by atoms with Gasteiger partial charge in [0.05, 0.1) is 12.6 Å². The fourth-order valence-corrected chi connectivity index (χ4v) is 3.79. The number of nitrogens with one attached hydrogen (secondary N) is 1. The number of aromatic nitrogens is 1. The van der Waals surface area contributed by atoms with Gasteiger partial charge < -0.3 is 19.9 Å². The summed E-state index contributed by atoms with van der Waals surface area (Å²) >= 11 is 0. The summed E-state index contributed by atoms with van der Waals surface area (Å²) in [6.45, 7) is 4.84. The van der Waals surface area contributed by atoms with E-state index in [0.29, 0.717) is 12.2 Å². The molecule has 3 aromatic carbocycles. The van der Waals surface area contributed by atoms with E-state index in [1.165, 1.54) is 28.8 Å². The normalized spacial score (nSPS) is 10.3. The lowest BCUT2D eigenvalue weighted by Gasteiger charge is -2.14. The van der Waals surface area contributed by atoms with Gasteiger partial charge >= 0.3 is 0 Å². The van der Waals surface area contributed by atoms with E-state index in [1.807, 2.05) is 13.1 Å². The monoisotopic (exact) mass is 476 g/mol. The molecule has 1 heterocycles. The first-order valence-corrected chi connectivity index (χ1v) is 11.1. The van der Waals surface area contributed by atoms with E-state index in [0.717, 1.165) is 34.1 Å². The molecule has 0 bridgehead atoms. The number of fused-ring (bicyclic) bond motifs is 1. The Bertz CT molecular complexity index is 1310. The molecule has 35 heavy (non-hydrogen) atoms. The third kappa shape index (κ3) is 6.26. The molecule has 0 saturated heterocycles. The summed E-state index contributed by atoms with van der Waals surface area (Å²) in [4.78, 5) is 14.1. The van der Waals surface area contributed by atoms with Gasteiger partial charge in [-0.15, -0.1) is 0 Å². The van der Waals surface area contributed by atoms with Gasteiger partial charge in [0.15, 0.2) is 11.5 Å². The van der Waals surface area contributed by atoms with Crippen molar-refractivity contribution >= 4 is 23.1 Å². The van der Waals surface area contributed by atoms with Gasteiger partial charge in [-0.3, -0.25) is 9.78 Å². The summed E-state index contributed by atoms with van der Waals surface area (Å²) in [6, 6.07) is 15.6. The standard InChI is InChI=1S/C20H22N2O2.C8H7FO2/c1-12-13(2)17(21-3)6-5-14(12)9-15-7-8-22-18-11-20(24-4)19(23)10-16(15)18;9-8-3-1-7(2-4-8)5-11-6-10/h5-8,10-11,21,23H,9H2,1-4H3;1-4,6H,5H2. The van der Waals surface area contributed by atoms with Gasteiger partial charge in [-0.1, -0.05) is 18.2 Å². The van der Waals surface area contributed by atoms with Crippen LogP contribution in [0.15, 0.2) is 60.8 Å². The third-order valence-corrected chi connectivity index (χ3v) is 5.91. The molecule has 0 aliphatic rings. The number of carbonyl (C=O) groups excluding carboxylic acids is 1. The van der Waals surface area contributed by atoms with Gasteiger partial charge in [0.25, 0.3) is 6.47 Å². The Kier molecular flexibility index (Phi) is 8.62. The van der Waals surface area contributed by atoms with Crippen molar-refractivity contribution in [1.29, 1.82) is 0 Å². The number of phenolic OH excluding ortho intramolecular Hbond substituents is 1. The summed E-state index contributed by atoms with van der Waals surface area (Å²) in [5, 5.41) is 14.3. The molecule has 4 rings (SSSR count). The number of hydrogen-bond donors (Lipinski definition) is 2. The zero-order valence-corrected chi connectivity index (χ0v) is 20.3. The number of nitrogens with zero attached hydrogens (tertiary/aromatic N) is 1. The highest BCUT2D eigenvalue weighted by molar-refractivity contribution is 5.86. The average molecular weight is 477 g/mol. The zero-order chi connectivity index (χ0) is 25.4. The Hall–Kier alpha value is -4.13. The van der Waals surface area contributed by atoms with Crippen LogP contribution >= 0.6 is 0 Å². The highest BCUT2D eigenvalue weighted by atomic mass is 19.1. The van der Waals surface area contributed by atoms with Crippen LogP contribution in [0.1, 0.15) is 27.8 Å². The number of rotatable bonds is 7. The van der Waals surface area contributed by atoms with Crippen molar-refractivity contribution in [3.63, 3.8) is 0 Å². The number of aromatic hydroxyl groups is 1. The van der Waals surface area contributed by atoms with Crippen LogP contribution in [0, 0.1) is 19.7 Å². The predicted molar refractivity (Wildman–Crippen MR) is 135 cm³/mol. The Morgan fingerprint density at radius 3 is 2.43 bits per heavy atom. The van der Waals surface area contributed by atoms with Crippen LogP contribution in [0.2, 0.25) is 0 Å². The van der Waals surface area contributed by atoms with E-state index >= 15 is 0 Å². The van der Waals surface area contributed by atoms with Crippen LogP contribution < -0.4 is 10.1 Å². The summed E-state index contributed by atoms with van der Waals surface area (Å²) in [5.41, 5.74) is 7.70. The number of methoxy groups -OCH3 is 1. The molecule has 182 valence electrons. The van der Waals surface area contributed by atoms with E-state index < -0.39 is 0 Å². The van der Waals surface area contributed by atoms with Gasteiger partial charge in [0.2, 0.25) is 0 Å². The molecule has 0 aliphatic heterocycles. The van der Waals surface area contributed by atoms with Crippen molar-refractivity contribution in [2.45, 2.75) is 26.9 Å². The Morgan fingerprint density at radius 2 is 1.77 bits per heavy atom. The maximum Gasteiger partial charge on any atom is 0.293 e. The Morgan fingerprint density at radius 1 is 1.03 bits per heavy atom. The SMILES string of the molecule is CNc1ccc(Cc2ccnc3cc(OC)c(O)cc23)c(C)c1C.O=COCc1ccc(F)cc1. The summed E-state index contributed by atoms with van der Waals surface area (Å²) in [5.74, 6) is 0.287. The number of pyridine rings is 1. The molecule has 0 saturated carbocycles. The molecule has 0 amide bonds. The first kappa shape index (κ1) is 25.5. The van der Waals surface area contributed by atoms with E-state index in [9.17, 15) is 14.3 Å². The van der Waals surface area contributed by atoms with Crippen LogP contribution in [0.5, 0.6) is 11.5 Å². The fraction of sp³-hybridized carbons (Fsp3) is 0.214. The number of anilines is 1. The largest absolute Gasteiger partial charge is 0.504 e. The lowest BCUT2D eigenvalue weighted by molar-refractivity contribution is -0.129. The summed E-state index contributed by atoms with van der Waals surface area (Å²) in [7, 11) is 3.48. The molecule has 0 unspecified atom stereocenters. The van der Waals surface area contributed by atoms with E-state index in [-0.39, 0.29) is 18.2 Å².